The number of aromatic nitrogens is 3. The van der Waals surface area contributed by atoms with E-state index in [0.29, 0.717) is 37.6 Å². The topological polar surface area (TPSA) is 112 Å². The Morgan fingerprint density at radius 1 is 1.26 bits per heavy atom. The summed E-state index contributed by atoms with van der Waals surface area (Å²) < 4.78 is 5.78. The third kappa shape index (κ3) is 3.90. The number of hydrogen-bond acceptors (Lipinski definition) is 6. The summed E-state index contributed by atoms with van der Waals surface area (Å²) in [5, 5.41) is 28.8. The van der Waals surface area contributed by atoms with Crippen LogP contribution in [0.1, 0.15) is 38.8 Å². The van der Waals surface area contributed by atoms with Crippen molar-refractivity contribution in [2.45, 2.75) is 19.5 Å². The maximum absolute atomic E-state index is 13.6. The quantitative estimate of drug-likeness (QED) is 0.306. The van der Waals surface area contributed by atoms with Gasteiger partial charge in [0.2, 0.25) is 0 Å². The zero-order valence-electron chi connectivity index (χ0n) is 18.7. The summed E-state index contributed by atoms with van der Waals surface area (Å²) in [6.45, 7) is 2.07. The van der Waals surface area contributed by atoms with Gasteiger partial charge in [0.15, 0.2) is 11.5 Å². The number of pyridine rings is 1. The highest BCUT2D eigenvalue weighted by atomic mass is 79.9. The van der Waals surface area contributed by atoms with Gasteiger partial charge in [-0.05, 0) is 69.9 Å². The minimum atomic E-state index is -0.600. The van der Waals surface area contributed by atoms with E-state index in [1.807, 2.05) is 12.1 Å². The van der Waals surface area contributed by atoms with E-state index in [2.05, 4.69) is 31.1 Å². The number of rotatable bonds is 5. The first-order valence-electron chi connectivity index (χ1n) is 10.6. The Balaban J connectivity index is 1.73. The number of amides is 1. The lowest BCUT2D eigenvalue weighted by Crippen LogP contribution is -2.29. The summed E-state index contributed by atoms with van der Waals surface area (Å²) in [6.07, 6.45) is 3.37. The number of carbonyl (C=O) groups excluding carboxylic acids is 1. The first kappa shape index (κ1) is 23.2. The molecule has 1 aliphatic rings. The number of halogens is 2. The van der Waals surface area contributed by atoms with Gasteiger partial charge >= 0.3 is 0 Å². The Morgan fingerprint density at radius 3 is 2.77 bits per heavy atom. The Morgan fingerprint density at radius 2 is 2.06 bits per heavy atom. The third-order valence-corrected chi connectivity index (χ3v) is 7.07. The molecule has 0 fully saturated rings. The SMILES string of the molecule is COc1cc(C2c3c(-c4cc(Cl)c(C)cc4O)n[nH]c3C(=O)N2Cc2cccnc2)cc(Br)c1O. The molecule has 0 aliphatic carbocycles. The van der Waals surface area contributed by atoms with Crippen molar-refractivity contribution in [1.82, 2.24) is 20.1 Å². The van der Waals surface area contributed by atoms with E-state index in [0.717, 1.165) is 11.1 Å². The lowest BCUT2D eigenvalue weighted by Gasteiger charge is -2.27. The number of methoxy groups -OCH3 is 1. The predicted molar refractivity (Wildman–Crippen MR) is 134 cm³/mol. The predicted octanol–water partition coefficient (Wildman–Crippen LogP) is 5.36. The van der Waals surface area contributed by atoms with Crippen LogP contribution in [-0.2, 0) is 6.54 Å². The number of aromatic hydroxyl groups is 2. The molecular weight excluding hydrogens is 536 g/mol. The molecule has 178 valence electrons. The molecule has 1 unspecified atom stereocenters. The number of nitrogens with one attached hydrogen (secondary N) is 1. The second kappa shape index (κ2) is 8.90. The van der Waals surface area contributed by atoms with Gasteiger partial charge in [0.25, 0.3) is 5.91 Å². The van der Waals surface area contributed by atoms with Crippen molar-refractivity contribution in [3.05, 3.63) is 86.2 Å². The van der Waals surface area contributed by atoms with Gasteiger partial charge in [0.05, 0.1) is 17.6 Å². The highest BCUT2D eigenvalue weighted by Gasteiger charge is 2.43. The molecule has 4 aromatic rings. The maximum Gasteiger partial charge on any atom is 0.273 e. The Bertz CT molecular complexity index is 1460. The molecule has 1 atom stereocenters. The average Bonchev–Trinajstić information content (AvgIpc) is 3.38. The van der Waals surface area contributed by atoms with E-state index >= 15 is 0 Å². The Hall–Kier alpha value is -3.56. The molecule has 8 nitrogen and oxygen atoms in total. The molecule has 5 rings (SSSR count). The minimum Gasteiger partial charge on any atom is -0.507 e. The van der Waals surface area contributed by atoms with Crippen molar-refractivity contribution in [2.24, 2.45) is 0 Å². The molecule has 0 radical (unpaired) electrons. The fourth-order valence-electron chi connectivity index (χ4n) is 4.36. The molecule has 1 amide bonds. The number of hydrogen-bond donors (Lipinski definition) is 3. The average molecular weight is 556 g/mol. The summed E-state index contributed by atoms with van der Waals surface area (Å²) in [5.41, 5.74) is 3.97. The second-order valence-corrected chi connectivity index (χ2v) is 9.49. The maximum atomic E-state index is 13.6. The van der Waals surface area contributed by atoms with E-state index in [1.165, 1.54) is 7.11 Å². The van der Waals surface area contributed by atoms with Crippen molar-refractivity contribution < 1.29 is 19.7 Å². The summed E-state index contributed by atoms with van der Waals surface area (Å²) in [5.74, 6) is -0.0473. The number of phenols is 2. The molecule has 0 saturated carbocycles. The normalized spacial score (nSPS) is 14.9. The van der Waals surface area contributed by atoms with Crippen LogP contribution in [0.15, 0.2) is 53.3 Å². The number of carbonyl (C=O) groups is 1. The standard InChI is InChI=1S/C25H20BrClN4O4/c1-12-6-18(32)15(9-17(12)27)21-20-22(30-29-21)25(34)31(11-13-4-3-5-28-10-13)23(20)14-7-16(26)24(33)19(8-14)35-2/h3-10,23,32-33H,11H2,1-2H3,(H,29,30). The molecular formula is C25H20BrClN4O4. The zero-order valence-corrected chi connectivity index (χ0v) is 21.1. The van der Waals surface area contributed by atoms with Gasteiger partial charge in [0, 0.05) is 35.1 Å². The summed E-state index contributed by atoms with van der Waals surface area (Å²) in [7, 11) is 1.46. The van der Waals surface area contributed by atoms with Crippen LogP contribution in [0.4, 0.5) is 0 Å². The van der Waals surface area contributed by atoms with Gasteiger partial charge in [-0.3, -0.25) is 14.9 Å². The number of H-pyrrole nitrogens is 1. The van der Waals surface area contributed by atoms with E-state index in [4.69, 9.17) is 16.3 Å². The summed E-state index contributed by atoms with van der Waals surface area (Å²) in [4.78, 5) is 19.5. The van der Waals surface area contributed by atoms with Crippen LogP contribution < -0.4 is 4.74 Å². The van der Waals surface area contributed by atoms with Crippen molar-refractivity contribution in [3.63, 3.8) is 0 Å². The van der Waals surface area contributed by atoms with Crippen LogP contribution in [0.3, 0.4) is 0 Å². The number of aromatic amines is 1. The van der Waals surface area contributed by atoms with Crippen molar-refractivity contribution in [1.29, 1.82) is 0 Å². The zero-order chi connectivity index (χ0) is 24.9. The largest absolute Gasteiger partial charge is 0.507 e. The van der Waals surface area contributed by atoms with Crippen LogP contribution in [0.2, 0.25) is 5.02 Å². The monoisotopic (exact) mass is 554 g/mol. The van der Waals surface area contributed by atoms with E-state index in [-0.39, 0.29) is 29.7 Å². The number of benzene rings is 2. The summed E-state index contributed by atoms with van der Waals surface area (Å²) >= 11 is 9.75. The number of nitrogens with zero attached hydrogens (tertiary/aromatic N) is 3. The second-order valence-electron chi connectivity index (χ2n) is 8.23. The highest BCUT2D eigenvalue weighted by molar-refractivity contribution is 9.10. The van der Waals surface area contributed by atoms with Gasteiger partial charge in [-0.15, -0.1) is 0 Å². The van der Waals surface area contributed by atoms with Gasteiger partial charge in [-0.2, -0.15) is 5.10 Å². The summed E-state index contributed by atoms with van der Waals surface area (Å²) in [6, 6.07) is 9.73. The van der Waals surface area contributed by atoms with Crippen molar-refractivity contribution in [2.75, 3.05) is 7.11 Å². The van der Waals surface area contributed by atoms with Crippen LogP contribution in [-0.4, -0.2) is 43.3 Å². The number of aryl methyl sites for hydroxylation is 1. The van der Waals surface area contributed by atoms with Crippen LogP contribution in [0.5, 0.6) is 17.2 Å². The molecule has 0 spiro atoms. The molecule has 0 saturated heterocycles. The number of fused-ring (bicyclic) bond motifs is 1. The van der Waals surface area contributed by atoms with Gasteiger partial charge in [0.1, 0.15) is 17.1 Å². The Kier molecular flexibility index (Phi) is 5.90. The van der Waals surface area contributed by atoms with Gasteiger partial charge in [-0.1, -0.05) is 17.7 Å². The molecule has 3 N–H and O–H groups in total. The van der Waals surface area contributed by atoms with Gasteiger partial charge < -0.3 is 19.8 Å². The Labute approximate surface area is 214 Å². The third-order valence-electron chi connectivity index (χ3n) is 6.06. The van der Waals surface area contributed by atoms with Crippen molar-refractivity contribution >= 4 is 33.4 Å². The molecule has 1 aliphatic heterocycles. The molecule has 10 heteroatoms. The molecule has 0 bridgehead atoms. The van der Waals surface area contributed by atoms with Crippen LogP contribution in [0, 0.1) is 6.92 Å². The highest BCUT2D eigenvalue weighted by Crippen LogP contribution is 2.48. The smallest absolute Gasteiger partial charge is 0.273 e. The van der Waals surface area contributed by atoms with Gasteiger partial charge in [-0.25, -0.2) is 0 Å². The number of ether oxygens (including phenoxy) is 1. The first-order valence-corrected chi connectivity index (χ1v) is 11.8. The van der Waals surface area contributed by atoms with E-state index < -0.39 is 6.04 Å². The lowest BCUT2D eigenvalue weighted by atomic mass is 9.95. The fourth-order valence-corrected chi connectivity index (χ4v) is 4.99. The first-order chi connectivity index (χ1) is 16.8. The van der Waals surface area contributed by atoms with E-state index in [1.54, 1.807) is 48.5 Å². The fraction of sp³-hybridized carbons (Fsp3) is 0.160. The lowest BCUT2D eigenvalue weighted by molar-refractivity contribution is 0.0729. The molecule has 35 heavy (non-hydrogen) atoms. The minimum absolute atomic E-state index is 0.00238. The molecule has 3 heterocycles. The van der Waals surface area contributed by atoms with Crippen LogP contribution in [0.25, 0.3) is 11.3 Å². The van der Waals surface area contributed by atoms with Crippen LogP contribution >= 0.6 is 27.5 Å². The molecule has 2 aromatic heterocycles. The molecule has 2 aromatic carbocycles. The van der Waals surface area contributed by atoms with Crippen molar-refractivity contribution in [3.8, 4) is 28.5 Å². The number of phenolic OH excluding ortho intramolecular Hbond substituents is 2. The van der Waals surface area contributed by atoms with E-state index in [9.17, 15) is 15.0 Å².